The highest BCUT2D eigenvalue weighted by Crippen LogP contribution is 2.16. The third kappa shape index (κ3) is 9.27. The molecule has 7 heteroatoms. The number of aliphatic imine (C=N–C) groups is 1. The minimum absolute atomic E-state index is 0. The zero-order valence-corrected chi connectivity index (χ0v) is 17.2. The number of anilines is 1. The third-order valence-corrected chi connectivity index (χ3v) is 3.41. The Balaban J connectivity index is 0.00000529. The number of rotatable bonds is 10. The summed E-state index contributed by atoms with van der Waals surface area (Å²) in [5.74, 6) is 0.602. The standard InChI is InChI=1S/C17H29FN4O.HI/c1-4-23-14-8-12-21-17(19-2)20-11-7-13-22(3)16-10-6-5-9-15(16)18;/h5-6,9-10H,4,7-8,11-14H2,1-3H3,(H2,19,20,21);1H. The number of nitrogens with zero attached hydrogens (tertiary/aromatic N) is 2. The first kappa shape index (κ1) is 22.9. The lowest BCUT2D eigenvalue weighted by Crippen LogP contribution is -2.39. The smallest absolute Gasteiger partial charge is 0.190 e. The average molecular weight is 452 g/mol. The van der Waals surface area contributed by atoms with Gasteiger partial charge in [0.1, 0.15) is 5.82 Å². The molecule has 1 rings (SSSR count). The van der Waals surface area contributed by atoms with Gasteiger partial charge >= 0.3 is 0 Å². The van der Waals surface area contributed by atoms with Gasteiger partial charge in [-0.2, -0.15) is 0 Å². The molecule has 0 unspecified atom stereocenters. The Morgan fingerprint density at radius 2 is 1.88 bits per heavy atom. The van der Waals surface area contributed by atoms with E-state index >= 15 is 0 Å². The van der Waals surface area contributed by atoms with Crippen LogP contribution in [0.1, 0.15) is 19.8 Å². The molecule has 0 saturated heterocycles. The molecule has 5 nitrogen and oxygen atoms in total. The maximum absolute atomic E-state index is 13.7. The predicted octanol–water partition coefficient (Wildman–Crippen LogP) is 2.86. The summed E-state index contributed by atoms with van der Waals surface area (Å²) in [4.78, 5) is 6.10. The third-order valence-electron chi connectivity index (χ3n) is 3.41. The molecule has 24 heavy (non-hydrogen) atoms. The van der Waals surface area contributed by atoms with Gasteiger partial charge in [0.05, 0.1) is 5.69 Å². The Bertz CT molecular complexity index is 474. The van der Waals surface area contributed by atoms with Crippen molar-refractivity contribution in [1.82, 2.24) is 10.6 Å². The number of halogens is 2. The molecule has 1 aromatic carbocycles. The van der Waals surface area contributed by atoms with Crippen LogP contribution in [0.5, 0.6) is 0 Å². The van der Waals surface area contributed by atoms with E-state index in [0.29, 0.717) is 5.69 Å². The van der Waals surface area contributed by atoms with E-state index in [1.54, 1.807) is 19.2 Å². The lowest BCUT2D eigenvalue weighted by molar-refractivity contribution is 0.145. The molecule has 1 aromatic rings. The van der Waals surface area contributed by atoms with Crippen LogP contribution in [0.2, 0.25) is 0 Å². The maximum atomic E-state index is 13.7. The van der Waals surface area contributed by atoms with Gasteiger partial charge < -0.3 is 20.3 Å². The topological polar surface area (TPSA) is 48.9 Å². The van der Waals surface area contributed by atoms with E-state index in [2.05, 4.69) is 15.6 Å². The highest BCUT2D eigenvalue weighted by Gasteiger charge is 2.05. The SMILES string of the molecule is CCOCCCNC(=NC)NCCCN(C)c1ccccc1F.I. The highest BCUT2D eigenvalue weighted by molar-refractivity contribution is 14.0. The molecule has 0 aliphatic rings. The zero-order chi connectivity index (χ0) is 16.9. The highest BCUT2D eigenvalue weighted by atomic mass is 127. The lowest BCUT2D eigenvalue weighted by atomic mass is 10.2. The van der Waals surface area contributed by atoms with Gasteiger partial charge in [-0.3, -0.25) is 4.99 Å². The molecule has 0 bridgehead atoms. The summed E-state index contributed by atoms with van der Waals surface area (Å²) in [5.41, 5.74) is 0.630. The molecule has 0 fully saturated rings. The van der Waals surface area contributed by atoms with Crippen molar-refractivity contribution >= 4 is 35.6 Å². The molecular weight excluding hydrogens is 422 g/mol. The van der Waals surface area contributed by atoms with Crippen molar-refractivity contribution in [3.8, 4) is 0 Å². The molecule has 0 aromatic heterocycles. The number of para-hydroxylation sites is 1. The molecule has 0 radical (unpaired) electrons. The maximum Gasteiger partial charge on any atom is 0.190 e. The van der Waals surface area contributed by atoms with E-state index in [4.69, 9.17) is 4.74 Å². The summed E-state index contributed by atoms with van der Waals surface area (Å²) >= 11 is 0. The van der Waals surface area contributed by atoms with E-state index in [9.17, 15) is 4.39 Å². The fourth-order valence-electron chi connectivity index (χ4n) is 2.15. The van der Waals surface area contributed by atoms with E-state index in [0.717, 1.165) is 51.6 Å². The Morgan fingerprint density at radius 3 is 2.50 bits per heavy atom. The van der Waals surface area contributed by atoms with Gasteiger partial charge in [-0.05, 0) is 31.9 Å². The zero-order valence-electron chi connectivity index (χ0n) is 14.8. The van der Waals surface area contributed by atoms with E-state index in [-0.39, 0.29) is 29.8 Å². The number of benzene rings is 1. The minimum Gasteiger partial charge on any atom is -0.382 e. The van der Waals surface area contributed by atoms with Crippen molar-refractivity contribution in [2.75, 3.05) is 51.8 Å². The van der Waals surface area contributed by atoms with Crippen molar-refractivity contribution in [2.24, 2.45) is 4.99 Å². The van der Waals surface area contributed by atoms with Gasteiger partial charge in [0.15, 0.2) is 5.96 Å². The van der Waals surface area contributed by atoms with Crippen LogP contribution in [-0.4, -0.2) is 52.9 Å². The molecule has 2 N–H and O–H groups in total. The molecule has 0 saturated carbocycles. The summed E-state index contributed by atoms with van der Waals surface area (Å²) in [6.07, 6.45) is 1.84. The molecule has 0 heterocycles. The molecular formula is C17H30FIN4O. The summed E-state index contributed by atoms with van der Waals surface area (Å²) in [6, 6.07) is 6.83. The largest absolute Gasteiger partial charge is 0.382 e. The van der Waals surface area contributed by atoms with Crippen LogP contribution in [0, 0.1) is 5.82 Å². The number of guanidine groups is 1. The van der Waals surface area contributed by atoms with Gasteiger partial charge in [0.25, 0.3) is 0 Å². The Hall–Kier alpha value is -1.09. The molecule has 138 valence electrons. The van der Waals surface area contributed by atoms with Crippen molar-refractivity contribution < 1.29 is 9.13 Å². The van der Waals surface area contributed by atoms with Gasteiger partial charge in [0.2, 0.25) is 0 Å². The fraction of sp³-hybridized carbons (Fsp3) is 0.588. The van der Waals surface area contributed by atoms with Crippen LogP contribution in [0.4, 0.5) is 10.1 Å². The van der Waals surface area contributed by atoms with E-state index in [1.807, 2.05) is 24.9 Å². The van der Waals surface area contributed by atoms with Crippen LogP contribution in [0.3, 0.4) is 0 Å². The van der Waals surface area contributed by atoms with Crippen molar-refractivity contribution in [2.45, 2.75) is 19.8 Å². The monoisotopic (exact) mass is 452 g/mol. The van der Waals surface area contributed by atoms with Gasteiger partial charge in [-0.1, -0.05) is 12.1 Å². The summed E-state index contributed by atoms with van der Waals surface area (Å²) in [7, 11) is 3.66. The van der Waals surface area contributed by atoms with Gasteiger partial charge in [-0.25, -0.2) is 4.39 Å². The first-order chi connectivity index (χ1) is 11.2. The molecule has 0 amide bonds. The normalized spacial score (nSPS) is 10.9. The van der Waals surface area contributed by atoms with E-state index in [1.165, 1.54) is 6.07 Å². The first-order valence-electron chi connectivity index (χ1n) is 8.17. The summed E-state index contributed by atoms with van der Waals surface area (Å²) in [5, 5.41) is 6.50. The summed E-state index contributed by atoms with van der Waals surface area (Å²) < 4.78 is 19.0. The predicted molar refractivity (Wildman–Crippen MR) is 110 cm³/mol. The van der Waals surface area contributed by atoms with Crippen LogP contribution in [0.25, 0.3) is 0 Å². The van der Waals surface area contributed by atoms with Gasteiger partial charge in [0, 0.05) is 46.9 Å². The van der Waals surface area contributed by atoms with Crippen molar-refractivity contribution in [1.29, 1.82) is 0 Å². The van der Waals surface area contributed by atoms with Crippen molar-refractivity contribution in [3.05, 3.63) is 30.1 Å². The average Bonchev–Trinajstić information content (AvgIpc) is 2.56. The van der Waals surface area contributed by atoms with E-state index < -0.39 is 0 Å². The Kier molecular flexibility index (Phi) is 13.6. The number of hydrogen-bond donors (Lipinski definition) is 2. The second kappa shape index (κ2) is 14.3. The number of nitrogens with one attached hydrogen (secondary N) is 2. The summed E-state index contributed by atoms with van der Waals surface area (Å²) in [6.45, 7) is 5.89. The quantitative estimate of drug-likeness (QED) is 0.248. The lowest BCUT2D eigenvalue weighted by Gasteiger charge is -2.20. The van der Waals surface area contributed by atoms with Crippen LogP contribution < -0.4 is 15.5 Å². The molecule has 0 aliphatic heterocycles. The van der Waals surface area contributed by atoms with Gasteiger partial charge in [-0.15, -0.1) is 24.0 Å². The molecule has 0 spiro atoms. The first-order valence-corrected chi connectivity index (χ1v) is 8.17. The fourth-order valence-corrected chi connectivity index (χ4v) is 2.15. The molecule has 0 aliphatic carbocycles. The van der Waals surface area contributed by atoms with Crippen LogP contribution in [-0.2, 0) is 4.74 Å². The van der Waals surface area contributed by atoms with Crippen LogP contribution >= 0.6 is 24.0 Å². The minimum atomic E-state index is -0.185. The second-order valence-corrected chi connectivity index (χ2v) is 5.20. The van der Waals surface area contributed by atoms with Crippen molar-refractivity contribution in [3.63, 3.8) is 0 Å². The second-order valence-electron chi connectivity index (χ2n) is 5.20. The number of hydrogen-bond acceptors (Lipinski definition) is 3. The Labute approximate surface area is 162 Å². The molecule has 0 atom stereocenters. The van der Waals surface area contributed by atoms with Crippen LogP contribution in [0.15, 0.2) is 29.3 Å². The number of ether oxygens (including phenoxy) is 1. The Morgan fingerprint density at radius 1 is 1.21 bits per heavy atom.